The molecule has 0 aliphatic carbocycles. The van der Waals surface area contributed by atoms with Crippen molar-refractivity contribution in [2.24, 2.45) is 0 Å². The molecule has 1 N–H and O–H groups in total. The van der Waals surface area contributed by atoms with E-state index in [2.05, 4.69) is 10.2 Å². The zero-order valence-corrected chi connectivity index (χ0v) is 22.2. The molecule has 13 heteroatoms. The van der Waals surface area contributed by atoms with Crippen LogP contribution in [0.25, 0.3) is 28.8 Å². The number of thioether (sulfide) groups is 1. The number of hydrogen-bond acceptors (Lipinski definition) is 10. The van der Waals surface area contributed by atoms with Crippen molar-refractivity contribution in [3.63, 3.8) is 0 Å². The number of furan rings is 1. The Morgan fingerprint density at radius 2 is 1.74 bits per heavy atom. The van der Waals surface area contributed by atoms with Gasteiger partial charge in [-0.05, 0) is 55.1 Å². The Hall–Kier alpha value is -4.78. The number of aliphatic carboxylic acids is 1. The number of hydrogen-bond donors (Lipinski definition) is 1. The van der Waals surface area contributed by atoms with Crippen LogP contribution in [0.1, 0.15) is 12.7 Å². The van der Waals surface area contributed by atoms with E-state index in [0.29, 0.717) is 40.3 Å². The van der Waals surface area contributed by atoms with E-state index in [-0.39, 0.29) is 27.7 Å². The average molecular weight is 553 g/mol. The van der Waals surface area contributed by atoms with Crippen LogP contribution >= 0.6 is 11.8 Å². The van der Waals surface area contributed by atoms with Gasteiger partial charge in [0, 0.05) is 24.3 Å². The highest BCUT2D eigenvalue weighted by atomic mass is 32.2. The molecule has 0 radical (unpaired) electrons. The lowest BCUT2D eigenvalue weighted by atomic mass is 10.1. The van der Waals surface area contributed by atoms with Crippen molar-refractivity contribution in [2.45, 2.75) is 18.6 Å². The third-order valence-corrected chi connectivity index (χ3v) is 6.62. The first kappa shape index (κ1) is 27.3. The first-order valence-electron chi connectivity index (χ1n) is 11.5. The number of methoxy groups -OCH3 is 3. The normalized spacial score (nSPS) is 11.3. The summed E-state index contributed by atoms with van der Waals surface area (Å²) in [5, 5.41) is 30.3. The molecule has 2 heterocycles. The number of ether oxygens (including phenoxy) is 3. The maximum absolute atomic E-state index is 12.1. The Morgan fingerprint density at radius 3 is 2.33 bits per heavy atom. The van der Waals surface area contributed by atoms with Crippen molar-refractivity contribution >= 4 is 29.5 Å². The van der Waals surface area contributed by atoms with Crippen molar-refractivity contribution < 1.29 is 33.5 Å². The second-order valence-electron chi connectivity index (χ2n) is 7.91. The van der Waals surface area contributed by atoms with E-state index in [4.69, 9.17) is 18.6 Å². The number of nitro groups is 1. The maximum Gasteiger partial charge on any atom is 0.342 e. The summed E-state index contributed by atoms with van der Waals surface area (Å²) >= 11 is 0.900. The molecule has 0 amide bonds. The molecule has 0 saturated heterocycles. The summed E-state index contributed by atoms with van der Waals surface area (Å²) in [5.74, 6) is 1.17. The first-order valence-corrected chi connectivity index (χ1v) is 12.3. The van der Waals surface area contributed by atoms with Gasteiger partial charge in [0.25, 0.3) is 5.69 Å². The number of nitro benzene ring substituents is 1. The first-order chi connectivity index (χ1) is 18.8. The molecule has 0 unspecified atom stereocenters. The number of benzene rings is 2. The molecule has 4 aromatic rings. The standard InChI is InChI=1S/C26H24N4O8S/c1-5-29-24(15-10-18(36-3)12-19(11-15)37-4)27-28-26(29)39-23(25(31)32)14-17-7-9-22(38-17)20-8-6-16(35-2)13-21(20)30(33)34/h6-14H,5H2,1-4H3,(H,31,32)/b23-14-. The topological polar surface area (TPSA) is 152 Å². The Morgan fingerprint density at radius 1 is 1.05 bits per heavy atom. The zero-order chi connectivity index (χ0) is 28.1. The van der Waals surface area contributed by atoms with Gasteiger partial charge in [0.2, 0.25) is 0 Å². The third-order valence-electron chi connectivity index (χ3n) is 5.62. The molecule has 0 atom stereocenters. The van der Waals surface area contributed by atoms with E-state index >= 15 is 0 Å². The van der Waals surface area contributed by atoms with Crippen LogP contribution < -0.4 is 14.2 Å². The fraction of sp³-hybridized carbons (Fsp3) is 0.192. The molecule has 0 aliphatic rings. The second-order valence-corrected chi connectivity index (χ2v) is 8.92. The number of carbonyl (C=O) groups is 1. The van der Waals surface area contributed by atoms with Crippen LogP contribution in [-0.2, 0) is 11.3 Å². The number of rotatable bonds is 11. The lowest BCUT2D eigenvalue weighted by molar-refractivity contribution is -0.384. The van der Waals surface area contributed by atoms with Crippen molar-refractivity contribution in [3.8, 4) is 40.0 Å². The monoisotopic (exact) mass is 552 g/mol. The molecule has 12 nitrogen and oxygen atoms in total. The van der Waals surface area contributed by atoms with Crippen LogP contribution in [-0.4, -0.2) is 52.1 Å². The van der Waals surface area contributed by atoms with Gasteiger partial charge in [0.05, 0.1) is 37.9 Å². The summed E-state index contributed by atoms with van der Waals surface area (Å²) in [6.45, 7) is 2.35. The van der Waals surface area contributed by atoms with E-state index in [9.17, 15) is 20.0 Å². The minimum atomic E-state index is -1.20. The third kappa shape index (κ3) is 5.88. The largest absolute Gasteiger partial charge is 0.497 e. The van der Waals surface area contributed by atoms with Crippen LogP contribution in [0.5, 0.6) is 17.2 Å². The van der Waals surface area contributed by atoms with Gasteiger partial charge in [-0.15, -0.1) is 10.2 Å². The van der Waals surface area contributed by atoms with Crippen LogP contribution in [0, 0.1) is 10.1 Å². The van der Waals surface area contributed by atoms with Gasteiger partial charge < -0.3 is 28.3 Å². The zero-order valence-electron chi connectivity index (χ0n) is 21.4. The summed E-state index contributed by atoms with van der Waals surface area (Å²) in [4.78, 5) is 23.1. The molecular weight excluding hydrogens is 528 g/mol. The predicted molar refractivity (Wildman–Crippen MR) is 143 cm³/mol. The Labute approximate surface area is 227 Å². The summed E-state index contributed by atoms with van der Waals surface area (Å²) < 4.78 is 23.3. The Kier molecular flexibility index (Phi) is 8.20. The lowest BCUT2D eigenvalue weighted by Crippen LogP contribution is -2.03. The van der Waals surface area contributed by atoms with Crippen molar-refractivity contribution in [3.05, 3.63) is 69.3 Å². The van der Waals surface area contributed by atoms with E-state index < -0.39 is 10.9 Å². The molecule has 0 fully saturated rings. The predicted octanol–water partition coefficient (Wildman–Crippen LogP) is 5.38. The molecule has 39 heavy (non-hydrogen) atoms. The van der Waals surface area contributed by atoms with Gasteiger partial charge in [0.15, 0.2) is 11.0 Å². The summed E-state index contributed by atoms with van der Waals surface area (Å²) in [6, 6.07) is 12.7. The maximum atomic E-state index is 12.1. The number of nitrogens with zero attached hydrogens (tertiary/aromatic N) is 4. The van der Waals surface area contributed by atoms with Gasteiger partial charge in [-0.1, -0.05) is 0 Å². The van der Waals surface area contributed by atoms with Crippen LogP contribution in [0.4, 0.5) is 5.69 Å². The molecule has 0 saturated carbocycles. The molecule has 2 aromatic carbocycles. The smallest absolute Gasteiger partial charge is 0.342 e. The lowest BCUT2D eigenvalue weighted by Gasteiger charge is -2.10. The van der Waals surface area contributed by atoms with E-state index in [1.807, 2.05) is 6.92 Å². The van der Waals surface area contributed by atoms with Gasteiger partial charge in [-0.25, -0.2) is 4.79 Å². The highest BCUT2D eigenvalue weighted by molar-refractivity contribution is 8.04. The number of carboxylic acids is 1. The van der Waals surface area contributed by atoms with Crippen LogP contribution in [0.15, 0.2) is 63.0 Å². The molecule has 4 rings (SSSR count). The summed E-state index contributed by atoms with van der Waals surface area (Å²) in [7, 11) is 4.50. The molecule has 0 aliphatic heterocycles. The van der Waals surface area contributed by atoms with Gasteiger partial charge in [-0.2, -0.15) is 0 Å². The van der Waals surface area contributed by atoms with E-state index in [1.54, 1.807) is 43.1 Å². The van der Waals surface area contributed by atoms with Gasteiger partial charge in [-0.3, -0.25) is 10.1 Å². The quantitative estimate of drug-likeness (QED) is 0.110. The number of carboxylic acid groups (broad SMARTS) is 1. The number of aromatic nitrogens is 3. The van der Waals surface area contributed by atoms with Gasteiger partial charge in [0.1, 0.15) is 33.7 Å². The molecule has 0 spiro atoms. The van der Waals surface area contributed by atoms with Crippen molar-refractivity contribution in [1.29, 1.82) is 0 Å². The summed E-state index contributed by atoms with van der Waals surface area (Å²) in [5.41, 5.74) is 0.712. The Bertz CT molecular complexity index is 1540. The molecule has 0 bridgehead atoms. The van der Waals surface area contributed by atoms with E-state index in [1.165, 1.54) is 37.5 Å². The highest BCUT2D eigenvalue weighted by Crippen LogP contribution is 2.36. The summed E-state index contributed by atoms with van der Waals surface area (Å²) in [6.07, 6.45) is 1.33. The second kappa shape index (κ2) is 11.7. The average Bonchev–Trinajstić information content (AvgIpc) is 3.58. The molecular formula is C26H24N4O8S. The highest BCUT2D eigenvalue weighted by Gasteiger charge is 2.22. The Balaban J connectivity index is 1.67. The van der Waals surface area contributed by atoms with E-state index in [0.717, 1.165) is 11.8 Å². The minimum absolute atomic E-state index is 0.0861. The van der Waals surface area contributed by atoms with Crippen LogP contribution in [0.3, 0.4) is 0 Å². The molecule has 202 valence electrons. The molecule has 2 aromatic heterocycles. The fourth-order valence-electron chi connectivity index (χ4n) is 3.73. The van der Waals surface area contributed by atoms with Crippen molar-refractivity contribution in [1.82, 2.24) is 14.8 Å². The van der Waals surface area contributed by atoms with Crippen molar-refractivity contribution in [2.75, 3.05) is 21.3 Å². The van der Waals surface area contributed by atoms with Gasteiger partial charge >= 0.3 is 5.97 Å². The minimum Gasteiger partial charge on any atom is -0.497 e. The SMILES string of the molecule is CCn1c(S/C(=C\c2ccc(-c3ccc(OC)cc3[N+](=O)[O-])o2)C(=O)O)nnc1-c1cc(OC)cc(OC)c1. The van der Waals surface area contributed by atoms with Crippen LogP contribution in [0.2, 0.25) is 0 Å². The fourth-order valence-corrected chi connectivity index (χ4v) is 4.60.